The topological polar surface area (TPSA) is 58.6 Å². The lowest BCUT2D eigenvalue weighted by molar-refractivity contribution is -0.116. The van der Waals surface area contributed by atoms with E-state index in [0.29, 0.717) is 33.6 Å². The molecule has 0 radical (unpaired) electrons. The zero-order valence-corrected chi connectivity index (χ0v) is 15.4. The smallest absolute Gasteiger partial charge is 0.251 e. The molecular formula is C18H18Cl2N2O3. The third kappa shape index (κ3) is 5.11. The lowest BCUT2D eigenvalue weighted by Gasteiger charge is -2.22. The molecule has 0 aliphatic rings. The van der Waals surface area contributed by atoms with Gasteiger partial charge in [-0.3, -0.25) is 9.59 Å². The third-order valence-electron chi connectivity index (χ3n) is 3.55. The Morgan fingerprint density at radius 2 is 1.88 bits per heavy atom. The van der Waals surface area contributed by atoms with Crippen LogP contribution in [0.25, 0.3) is 0 Å². The molecule has 1 N–H and O–H groups in total. The standard InChI is InChI=1S/C18H18Cl2N2O3/c1-12(23)22(14-4-3-5-15(11-14)25-2)9-8-21-18(24)13-6-7-16(19)17(20)10-13/h3-7,10-11H,8-9H2,1-2H3,(H,21,24). The van der Waals surface area contributed by atoms with E-state index >= 15 is 0 Å². The van der Waals surface area contributed by atoms with Gasteiger partial charge in [0.25, 0.3) is 5.91 Å². The number of anilines is 1. The van der Waals surface area contributed by atoms with Gasteiger partial charge in [0.2, 0.25) is 5.91 Å². The van der Waals surface area contributed by atoms with Gasteiger partial charge in [0.1, 0.15) is 5.75 Å². The summed E-state index contributed by atoms with van der Waals surface area (Å²) in [5.41, 5.74) is 1.11. The maximum absolute atomic E-state index is 12.2. The van der Waals surface area contributed by atoms with Gasteiger partial charge in [-0.15, -0.1) is 0 Å². The molecule has 5 nitrogen and oxygen atoms in total. The van der Waals surface area contributed by atoms with Crippen LogP contribution in [0, 0.1) is 0 Å². The van der Waals surface area contributed by atoms with Gasteiger partial charge in [0, 0.05) is 37.3 Å². The first-order valence-electron chi connectivity index (χ1n) is 7.57. The van der Waals surface area contributed by atoms with Crippen LogP contribution in [-0.2, 0) is 4.79 Å². The maximum Gasteiger partial charge on any atom is 0.251 e. The molecule has 25 heavy (non-hydrogen) atoms. The molecule has 2 amide bonds. The molecule has 0 atom stereocenters. The van der Waals surface area contributed by atoms with Crippen LogP contribution < -0.4 is 15.0 Å². The van der Waals surface area contributed by atoms with Gasteiger partial charge >= 0.3 is 0 Å². The molecule has 0 aromatic heterocycles. The fourth-order valence-electron chi connectivity index (χ4n) is 2.27. The molecule has 2 rings (SSSR count). The molecule has 0 saturated heterocycles. The minimum absolute atomic E-state index is 0.128. The highest BCUT2D eigenvalue weighted by Crippen LogP contribution is 2.23. The maximum atomic E-state index is 12.2. The van der Waals surface area contributed by atoms with Crippen molar-refractivity contribution in [2.24, 2.45) is 0 Å². The van der Waals surface area contributed by atoms with Crippen LogP contribution in [0.3, 0.4) is 0 Å². The number of nitrogens with zero attached hydrogens (tertiary/aromatic N) is 1. The monoisotopic (exact) mass is 380 g/mol. The van der Waals surface area contributed by atoms with E-state index < -0.39 is 0 Å². The zero-order valence-electron chi connectivity index (χ0n) is 13.9. The highest BCUT2D eigenvalue weighted by Gasteiger charge is 2.13. The molecule has 0 saturated carbocycles. The Kier molecular flexibility index (Phi) is 6.67. The van der Waals surface area contributed by atoms with Gasteiger partial charge in [-0.1, -0.05) is 29.3 Å². The Balaban J connectivity index is 2.00. The Hall–Kier alpha value is -2.24. The summed E-state index contributed by atoms with van der Waals surface area (Å²) in [5.74, 6) is 0.244. The predicted octanol–water partition coefficient (Wildman–Crippen LogP) is 3.78. The van der Waals surface area contributed by atoms with E-state index in [4.69, 9.17) is 27.9 Å². The van der Waals surface area contributed by atoms with Crippen LogP contribution in [0.15, 0.2) is 42.5 Å². The van der Waals surface area contributed by atoms with E-state index in [9.17, 15) is 9.59 Å². The fraction of sp³-hybridized carbons (Fsp3) is 0.222. The van der Waals surface area contributed by atoms with Crippen molar-refractivity contribution in [3.05, 3.63) is 58.1 Å². The van der Waals surface area contributed by atoms with Crippen LogP contribution in [0.4, 0.5) is 5.69 Å². The van der Waals surface area contributed by atoms with Crippen LogP contribution in [0.5, 0.6) is 5.75 Å². The van der Waals surface area contributed by atoms with Crippen LogP contribution in [0.1, 0.15) is 17.3 Å². The van der Waals surface area contributed by atoms with Crippen molar-refractivity contribution in [3.63, 3.8) is 0 Å². The van der Waals surface area contributed by atoms with Crippen molar-refractivity contribution < 1.29 is 14.3 Å². The predicted molar refractivity (Wildman–Crippen MR) is 99.8 cm³/mol. The normalized spacial score (nSPS) is 10.2. The number of amides is 2. The number of hydrogen-bond donors (Lipinski definition) is 1. The summed E-state index contributed by atoms with van der Waals surface area (Å²) in [6.45, 7) is 2.09. The van der Waals surface area contributed by atoms with E-state index in [2.05, 4.69) is 5.32 Å². The first kappa shape index (κ1) is 19.1. The van der Waals surface area contributed by atoms with Crippen molar-refractivity contribution in [2.45, 2.75) is 6.92 Å². The first-order chi connectivity index (χ1) is 11.9. The van der Waals surface area contributed by atoms with Crippen molar-refractivity contribution >= 4 is 40.7 Å². The molecule has 2 aromatic carbocycles. The van der Waals surface area contributed by atoms with Crippen molar-refractivity contribution in [3.8, 4) is 5.75 Å². The molecule has 132 valence electrons. The Morgan fingerprint density at radius 3 is 2.52 bits per heavy atom. The lowest BCUT2D eigenvalue weighted by Crippen LogP contribution is -2.37. The number of ether oxygens (including phenoxy) is 1. The third-order valence-corrected chi connectivity index (χ3v) is 4.29. The molecule has 0 bridgehead atoms. The van der Waals surface area contributed by atoms with E-state index in [1.807, 2.05) is 6.07 Å². The molecule has 0 spiro atoms. The van der Waals surface area contributed by atoms with Crippen LogP contribution in [-0.4, -0.2) is 32.0 Å². The molecule has 7 heteroatoms. The Labute approximate surface area is 156 Å². The minimum atomic E-state index is -0.285. The van der Waals surface area contributed by atoms with Gasteiger partial charge in [0.15, 0.2) is 0 Å². The van der Waals surface area contributed by atoms with Gasteiger partial charge < -0.3 is 15.0 Å². The fourth-order valence-corrected chi connectivity index (χ4v) is 2.57. The summed E-state index contributed by atoms with van der Waals surface area (Å²) in [5, 5.41) is 3.47. The second-order valence-electron chi connectivity index (χ2n) is 5.26. The van der Waals surface area contributed by atoms with Crippen molar-refractivity contribution in [1.82, 2.24) is 5.32 Å². The number of nitrogens with one attached hydrogen (secondary N) is 1. The van der Waals surface area contributed by atoms with E-state index in [-0.39, 0.29) is 18.4 Å². The van der Waals surface area contributed by atoms with Crippen molar-refractivity contribution in [2.75, 3.05) is 25.1 Å². The largest absolute Gasteiger partial charge is 0.497 e. The molecule has 2 aromatic rings. The van der Waals surface area contributed by atoms with Gasteiger partial charge in [-0.05, 0) is 30.3 Å². The second-order valence-corrected chi connectivity index (χ2v) is 6.07. The highest BCUT2D eigenvalue weighted by atomic mass is 35.5. The number of benzene rings is 2. The lowest BCUT2D eigenvalue weighted by atomic mass is 10.2. The minimum Gasteiger partial charge on any atom is -0.497 e. The van der Waals surface area contributed by atoms with Gasteiger partial charge in [0.05, 0.1) is 17.2 Å². The van der Waals surface area contributed by atoms with E-state index in [1.165, 1.54) is 13.0 Å². The van der Waals surface area contributed by atoms with Crippen molar-refractivity contribution in [1.29, 1.82) is 0 Å². The summed E-state index contributed by atoms with van der Waals surface area (Å²) in [6.07, 6.45) is 0. The average Bonchev–Trinajstić information content (AvgIpc) is 2.60. The Bertz CT molecular complexity index is 781. The summed E-state index contributed by atoms with van der Waals surface area (Å²) in [4.78, 5) is 25.6. The van der Waals surface area contributed by atoms with E-state index in [1.54, 1.807) is 42.3 Å². The number of methoxy groups -OCH3 is 1. The molecular weight excluding hydrogens is 363 g/mol. The number of carbonyl (C=O) groups is 2. The molecule has 0 aliphatic heterocycles. The Morgan fingerprint density at radius 1 is 1.12 bits per heavy atom. The average molecular weight is 381 g/mol. The molecule has 0 aliphatic carbocycles. The van der Waals surface area contributed by atoms with Gasteiger partial charge in [-0.25, -0.2) is 0 Å². The molecule has 0 heterocycles. The number of hydrogen-bond acceptors (Lipinski definition) is 3. The van der Waals surface area contributed by atoms with Crippen LogP contribution in [0.2, 0.25) is 10.0 Å². The number of carbonyl (C=O) groups excluding carboxylic acids is 2. The van der Waals surface area contributed by atoms with Crippen LogP contribution >= 0.6 is 23.2 Å². The highest BCUT2D eigenvalue weighted by molar-refractivity contribution is 6.42. The summed E-state index contributed by atoms with van der Waals surface area (Å²) in [6, 6.07) is 11.8. The summed E-state index contributed by atoms with van der Waals surface area (Å²) >= 11 is 11.8. The number of halogens is 2. The SMILES string of the molecule is COc1cccc(N(CCNC(=O)c2ccc(Cl)c(Cl)c2)C(C)=O)c1. The van der Waals surface area contributed by atoms with Gasteiger partial charge in [-0.2, -0.15) is 0 Å². The summed E-state index contributed by atoms with van der Waals surface area (Å²) < 4.78 is 5.18. The van der Waals surface area contributed by atoms with E-state index in [0.717, 1.165) is 0 Å². The molecule has 0 fully saturated rings. The number of rotatable bonds is 6. The zero-order chi connectivity index (χ0) is 18.4. The second kappa shape index (κ2) is 8.74. The molecule has 0 unspecified atom stereocenters. The first-order valence-corrected chi connectivity index (χ1v) is 8.33. The quantitative estimate of drug-likeness (QED) is 0.829. The summed E-state index contributed by atoms with van der Waals surface area (Å²) in [7, 11) is 1.56.